The Labute approximate surface area is 119 Å². The van der Waals surface area contributed by atoms with E-state index in [9.17, 15) is 14.9 Å². The van der Waals surface area contributed by atoms with E-state index in [-0.39, 0.29) is 40.6 Å². The van der Waals surface area contributed by atoms with Crippen molar-refractivity contribution in [3.63, 3.8) is 0 Å². The maximum atomic E-state index is 10.4. The van der Waals surface area contributed by atoms with E-state index in [1.165, 1.54) is 0 Å². The molecule has 5 nitrogen and oxygen atoms in total. The molecule has 0 heterocycles. The zero-order valence-corrected chi connectivity index (χ0v) is 10.00. The molecule has 0 spiro atoms. The first-order valence-corrected chi connectivity index (χ1v) is 3.75. The number of hydrogen-bond donors (Lipinski definition) is 1. The van der Waals surface area contributed by atoms with E-state index < -0.39 is 16.6 Å². The van der Waals surface area contributed by atoms with Crippen LogP contribution < -0.4 is 0 Å². The van der Waals surface area contributed by atoms with Crippen LogP contribution in [0.5, 0.6) is 0 Å². The molecule has 1 N–H and O–H groups in total. The maximum Gasteiger partial charge on any atom is 2.00 e. The second kappa shape index (κ2) is 6.55. The number of nitro groups is 1. The van der Waals surface area contributed by atoms with Gasteiger partial charge >= 0.3 is 49.4 Å². The van der Waals surface area contributed by atoms with Gasteiger partial charge in [0.15, 0.2) is 0 Å². The van der Waals surface area contributed by atoms with Gasteiger partial charge in [0.2, 0.25) is 0 Å². The van der Waals surface area contributed by atoms with E-state index in [1.54, 1.807) is 30.3 Å². The molecule has 0 bridgehead atoms. The number of hydrogen-bond acceptors (Lipinski definition) is 3. The number of carbonyl (C=O) groups is 1. The monoisotopic (exact) mass is 235 g/mol. The average molecular weight is 235 g/mol. The summed E-state index contributed by atoms with van der Waals surface area (Å²) in [6.45, 7) is 0. The standard InChI is InChI=1S/C9H7NO4.Ca.2H/c11-9(12)8(10(13)14)6-7-4-2-1-3-5-7;;;/h1-6H,(H,11,12);;;/q;+2;2*-1. The zero-order chi connectivity index (χ0) is 10.6. The van der Waals surface area contributed by atoms with E-state index in [0.717, 1.165) is 6.08 Å². The minimum absolute atomic E-state index is 0. The largest absolute Gasteiger partial charge is 2.00 e. The molecule has 1 aromatic rings. The fourth-order valence-corrected chi connectivity index (χ4v) is 0.900. The van der Waals surface area contributed by atoms with Gasteiger partial charge in [-0.3, -0.25) is 10.1 Å². The Morgan fingerprint density at radius 3 is 2.33 bits per heavy atom. The quantitative estimate of drug-likeness (QED) is 0.370. The normalized spacial score (nSPS) is 10.3. The summed E-state index contributed by atoms with van der Waals surface area (Å²) in [5.74, 6) is -1.54. The Morgan fingerprint density at radius 1 is 1.40 bits per heavy atom. The summed E-state index contributed by atoms with van der Waals surface area (Å²) >= 11 is 0. The summed E-state index contributed by atoms with van der Waals surface area (Å²) in [5, 5.41) is 18.8. The molecule has 1 rings (SSSR count). The topological polar surface area (TPSA) is 80.4 Å². The van der Waals surface area contributed by atoms with Crippen LogP contribution >= 0.6 is 0 Å². The Balaban J connectivity index is -0.000000653. The molecule has 0 fully saturated rings. The van der Waals surface area contributed by atoms with Gasteiger partial charge in [-0.1, -0.05) is 30.3 Å². The second-order valence-electron chi connectivity index (χ2n) is 2.50. The van der Waals surface area contributed by atoms with Gasteiger partial charge in [-0.05, 0) is 5.56 Å². The van der Waals surface area contributed by atoms with Gasteiger partial charge in [0.1, 0.15) is 0 Å². The number of carboxylic acid groups (broad SMARTS) is 1. The van der Waals surface area contributed by atoms with Crippen molar-refractivity contribution >= 4 is 49.8 Å². The first-order chi connectivity index (χ1) is 6.61. The van der Waals surface area contributed by atoms with Crippen molar-refractivity contribution in [3.8, 4) is 0 Å². The first-order valence-electron chi connectivity index (χ1n) is 3.75. The van der Waals surface area contributed by atoms with E-state index in [4.69, 9.17) is 5.11 Å². The summed E-state index contributed by atoms with van der Waals surface area (Å²) in [6.07, 6.45) is 1.02. The van der Waals surface area contributed by atoms with Crippen molar-refractivity contribution in [1.29, 1.82) is 0 Å². The predicted molar refractivity (Wildman–Crippen MR) is 57.0 cm³/mol. The van der Waals surface area contributed by atoms with Crippen LogP contribution in [0.4, 0.5) is 0 Å². The van der Waals surface area contributed by atoms with E-state index in [1.807, 2.05) is 0 Å². The van der Waals surface area contributed by atoms with E-state index in [0.29, 0.717) is 5.56 Å². The number of benzene rings is 1. The summed E-state index contributed by atoms with van der Waals surface area (Å²) in [4.78, 5) is 19.8. The van der Waals surface area contributed by atoms with Crippen molar-refractivity contribution in [2.24, 2.45) is 0 Å². The molecule has 6 heteroatoms. The van der Waals surface area contributed by atoms with Gasteiger partial charge in [-0.2, -0.15) is 0 Å². The minimum Gasteiger partial charge on any atom is -1.00 e. The fraction of sp³-hybridized carbons (Fsp3) is 0. The second-order valence-corrected chi connectivity index (χ2v) is 2.50. The van der Waals surface area contributed by atoms with Crippen molar-refractivity contribution in [3.05, 3.63) is 51.7 Å². The SMILES string of the molecule is O=C(O)C(=Cc1ccccc1)[N+](=O)[O-].[Ca+2].[H-].[H-]. The number of aliphatic carboxylic acids is 1. The Bertz CT molecular complexity index is 381. The number of nitrogens with zero attached hydrogens (tertiary/aromatic N) is 1. The third-order valence-electron chi connectivity index (χ3n) is 1.52. The molecule has 0 unspecified atom stereocenters. The Kier molecular flexibility index (Phi) is 6.15. The summed E-state index contributed by atoms with van der Waals surface area (Å²) in [6, 6.07) is 8.26. The zero-order valence-electron chi connectivity index (χ0n) is 9.79. The fourth-order valence-electron chi connectivity index (χ4n) is 0.900. The van der Waals surface area contributed by atoms with Gasteiger partial charge in [-0.25, -0.2) is 4.79 Å². The molecule has 0 saturated heterocycles. The van der Waals surface area contributed by atoms with Gasteiger partial charge in [0, 0.05) is 6.08 Å². The molecule has 0 atom stereocenters. The summed E-state index contributed by atoms with van der Waals surface area (Å²) < 4.78 is 0. The van der Waals surface area contributed by atoms with Crippen LogP contribution in [-0.4, -0.2) is 53.7 Å². The molecule has 76 valence electrons. The molecule has 0 aromatic heterocycles. The summed E-state index contributed by atoms with van der Waals surface area (Å²) in [5.41, 5.74) is -0.349. The summed E-state index contributed by atoms with van der Waals surface area (Å²) in [7, 11) is 0. The van der Waals surface area contributed by atoms with Crippen molar-refractivity contribution in [1.82, 2.24) is 0 Å². The third kappa shape index (κ3) is 4.42. The van der Waals surface area contributed by atoms with Gasteiger partial charge < -0.3 is 7.96 Å². The molecule has 0 saturated carbocycles. The molecule has 15 heavy (non-hydrogen) atoms. The molecule has 0 aliphatic carbocycles. The van der Waals surface area contributed by atoms with Crippen LogP contribution in [0.25, 0.3) is 6.08 Å². The molecule has 0 amide bonds. The maximum absolute atomic E-state index is 10.4. The van der Waals surface area contributed by atoms with Crippen LogP contribution in [0.15, 0.2) is 36.0 Å². The molecule has 0 aliphatic rings. The molecule has 0 aliphatic heterocycles. The molecule has 0 radical (unpaired) electrons. The van der Waals surface area contributed by atoms with Crippen molar-refractivity contribution in [2.45, 2.75) is 0 Å². The third-order valence-corrected chi connectivity index (χ3v) is 1.52. The van der Waals surface area contributed by atoms with Crippen LogP contribution in [0, 0.1) is 10.1 Å². The van der Waals surface area contributed by atoms with Crippen molar-refractivity contribution in [2.75, 3.05) is 0 Å². The number of carboxylic acids is 1. The minimum atomic E-state index is -1.54. The van der Waals surface area contributed by atoms with Crippen LogP contribution in [0.3, 0.4) is 0 Å². The predicted octanol–water partition coefficient (Wildman–Crippen LogP) is 1.23. The molecule has 1 aromatic carbocycles. The van der Waals surface area contributed by atoms with E-state index in [2.05, 4.69) is 0 Å². The Morgan fingerprint density at radius 2 is 1.93 bits per heavy atom. The number of rotatable bonds is 3. The van der Waals surface area contributed by atoms with Crippen molar-refractivity contribution < 1.29 is 17.7 Å². The van der Waals surface area contributed by atoms with Gasteiger partial charge in [0.25, 0.3) is 0 Å². The van der Waals surface area contributed by atoms with Crippen LogP contribution in [0.2, 0.25) is 0 Å². The average Bonchev–Trinajstić information content (AvgIpc) is 2.15. The smallest absolute Gasteiger partial charge is 1.00 e. The van der Waals surface area contributed by atoms with E-state index >= 15 is 0 Å². The molecular formula is C9H9CaNO4. The van der Waals surface area contributed by atoms with Crippen LogP contribution in [-0.2, 0) is 4.79 Å². The first kappa shape index (κ1) is 14.1. The van der Waals surface area contributed by atoms with Gasteiger partial charge in [0.05, 0.1) is 4.92 Å². The van der Waals surface area contributed by atoms with Crippen LogP contribution in [0.1, 0.15) is 8.42 Å². The Hall–Kier alpha value is -0.910. The molecular weight excluding hydrogens is 226 g/mol. The van der Waals surface area contributed by atoms with Gasteiger partial charge in [-0.15, -0.1) is 0 Å².